The minimum atomic E-state index is -3.88. The van der Waals surface area contributed by atoms with Crippen molar-refractivity contribution in [3.63, 3.8) is 0 Å². The maximum Gasteiger partial charge on any atom is 0.244 e. The van der Waals surface area contributed by atoms with Crippen molar-refractivity contribution < 1.29 is 17.6 Å². The van der Waals surface area contributed by atoms with E-state index in [4.69, 9.17) is 0 Å². The number of aryl methyl sites for hydroxylation is 1. The summed E-state index contributed by atoms with van der Waals surface area (Å²) in [4.78, 5) is 12.7. The van der Waals surface area contributed by atoms with E-state index < -0.39 is 15.7 Å². The van der Waals surface area contributed by atoms with Crippen molar-refractivity contribution in [2.45, 2.75) is 29.7 Å². The zero-order valence-corrected chi connectivity index (χ0v) is 17.7. The maximum atomic E-state index is 13.3. The number of amides is 1. The average Bonchev–Trinajstić information content (AvgIpc) is 3.14. The summed E-state index contributed by atoms with van der Waals surface area (Å²) in [6.07, 6.45) is 2.37. The first kappa shape index (κ1) is 20.8. The van der Waals surface area contributed by atoms with Crippen LogP contribution in [0.5, 0.6) is 0 Å². The summed E-state index contributed by atoms with van der Waals surface area (Å²) in [7, 11) is -3.88. The van der Waals surface area contributed by atoms with E-state index in [1.54, 1.807) is 28.8 Å². The highest BCUT2D eigenvalue weighted by molar-refractivity contribution is 7.91. The highest BCUT2D eigenvalue weighted by atomic mass is 32.2. The monoisotopic (exact) mass is 436 g/mol. The third kappa shape index (κ3) is 4.22. The van der Waals surface area contributed by atoms with Crippen LogP contribution in [0.3, 0.4) is 0 Å². The van der Waals surface area contributed by atoms with Gasteiger partial charge < -0.3 is 9.88 Å². The lowest BCUT2D eigenvalue weighted by Gasteiger charge is -2.08. The fourth-order valence-corrected chi connectivity index (χ4v) is 4.95. The first-order chi connectivity index (χ1) is 14.9. The van der Waals surface area contributed by atoms with Gasteiger partial charge in [0.2, 0.25) is 15.7 Å². The number of nitrogens with zero attached hydrogens (tertiary/aromatic N) is 1. The third-order valence-electron chi connectivity index (χ3n) is 5.13. The number of benzene rings is 3. The number of rotatable bonds is 6. The number of halogens is 1. The van der Waals surface area contributed by atoms with E-state index in [-0.39, 0.29) is 22.2 Å². The number of nitrogens with one attached hydrogen (secondary N) is 1. The molecule has 5 nitrogen and oxygen atoms in total. The van der Waals surface area contributed by atoms with Gasteiger partial charge >= 0.3 is 0 Å². The first-order valence-corrected chi connectivity index (χ1v) is 11.3. The number of para-hydroxylation sites is 1. The zero-order valence-electron chi connectivity index (χ0n) is 16.9. The van der Waals surface area contributed by atoms with Crippen molar-refractivity contribution in [3.8, 4) is 0 Å². The Morgan fingerprint density at radius 3 is 2.32 bits per heavy atom. The predicted molar refractivity (Wildman–Crippen MR) is 118 cm³/mol. The summed E-state index contributed by atoms with van der Waals surface area (Å²) in [5, 5.41) is 3.35. The van der Waals surface area contributed by atoms with Gasteiger partial charge in [0.15, 0.2) is 0 Å². The van der Waals surface area contributed by atoms with E-state index in [2.05, 4.69) is 12.2 Å². The molecule has 158 valence electrons. The molecule has 0 aliphatic rings. The molecule has 31 heavy (non-hydrogen) atoms. The molecule has 0 radical (unpaired) electrons. The molecule has 0 spiro atoms. The van der Waals surface area contributed by atoms with Crippen molar-refractivity contribution in [1.82, 2.24) is 4.57 Å². The molecule has 1 heterocycles. The first-order valence-electron chi connectivity index (χ1n) is 9.86. The highest BCUT2D eigenvalue weighted by Crippen LogP contribution is 2.30. The van der Waals surface area contributed by atoms with Crippen LogP contribution in [0, 0.1) is 5.82 Å². The summed E-state index contributed by atoms with van der Waals surface area (Å²) >= 11 is 0. The van der Waals surface area contributed by atoms with Crippen LogP contribution in [-0.4, -0.2) is 18.9 Å². The minimum absolute atomic E-state index is 0.00253. The summed E-state index contributed by atoms with van der Waals surface area (Å²) in [5.41, 5.74) is 2.47. The topological polar surface area (TPSA) is 68.2 Å². The molecule has 0 fully saturated rings. The summed E-state index contributed by atoms with van der Waals surface area (Å²) in [6.45, 7) is 2.01. The Morgan fingerprint density at radius 2 is 1.65 bits per heavy atom. The number of hydrogen-bond acceptors (Lipinski definition) is 3. The molecule has 1 aromatic heterocycles. The quantitative estimate of drug-likeness (QED) is 0.441. The lowest BCUT2D eigenvalue weighted by atomic mass is 10.1. The molecule has 0 aliphatic carbocycles. The van der Waals surface area contributed by atoms with Gasteiger partial charge in [0.25, 0.3) is 0 Å². The van der Waals surface area contributed by atoms with E-state index in [0.717, 1.165) is 18.6 Å². The Balaban J connectivity index is 1.66. The zero-order chi connectivity index (χ0) is 22.0. The lowest BCUT2D eigenvalue weighted by Crippen LogP contribution is -2.18. The van der Waals surface area contributed by atoms with Crippen molar-refractivity contribution in [1.29, 1.82) is 0 Å². The van der Waals surface area contributed by atoms with Crippen molar-refractivity contribution in [3.05, 3.63) is 90.4 Å². The molecule has 0 saturated heterocycles. The van der Waals surface area contributed by atoms with Crippen LogP contribution in [0.2, 0.25) is 0 Å². The standard InChI is InChI=1S/C24H21FN2O3S/c1-2-17-7-11-19(12-8-17)26-24(28)16-27-15-23(21-5-3-4-6-22(21)27)31(29,30)20-13-9-18(25)10-14-20/h3-15H,2,16H2,1H3,(H,26,28). The molecule has 7 heteroatoms. The van der Waals surface area contributed by atoms with Crippen molar-refractivity contribution >= 4 is 32.3 Å². The van der Waals surface area contributed by atoms with Gasteiger partial charge in [-0.25, -0.2) is 12.8 Å². The largest absolute Gasteiger partial charge is 0.337 e. The Kier molecular flexibility index (Phi) is 5.61. The van der Waals surface area contributed by atoms with Gasteiger partial charge in [0, 0.05) is 22.8 Å². The summed E-state index contributed by atoms with van der Waals surface area (Å²) in [6, 6.07) is 19.3. The number of carbonyl (C=O) groups is 1. The Morgan fingerprint density at radius 1 is 0.968 bits per heavy atom. The number of sulfone groups is 1. The fraction of sp³-hybridized carbons (Fsp3) is 0.125. The van der Waals surface area contributed by atoms with E-state index in [0.29, 0.717) is 16.6 Å². The van der Waals surface area contributed by atoms with Crippen molar-refractivity contribution in [2.75, 3.05) is 5.32 Å². The predicted octanol–water partition coefficient (Wildman–Crippen LogP) is 4.81. The van der Waals surface area contributed by atoms with E-state index >= 15 is 0 Å². The summed E-state index contributed by atoms with van der Waals surface area (Å²) < 4.78 is 41.2. The Bertz CT molecular complexity index is 1340. The van der Waals surface area contributed by atoms with Crippen LogP contribution in [0.4, 0.5) is 10.1 Å². The lowest BCUT2D eigenvalue weighted by molar-refractivity contribution is -0.116. The normalized spacial score (nSPS) is 11.5. The SMILES string of the molecule is CCc1ccc(NC(=O)Cn2cc(S(=O)(=O)c3ccc(F)cc3)c3ccccc32)cc1. The Hall–Kier alpha value is -3.45. The molecule has 0 bridgehead atoms. The molecule has 0 unspecified atom stereocenters. The van der Waals surface area contributed by atoms with Crippen LogP contribution in [0.15, 0.2) is 88.8 Å². The average molecular weight is 437 g/mol. The van der Waals surface area contributed by atoms with Crippen LogP contribution >= 0.6 is 0 Å². The van der Waals surface area contributed by atoms with Crippen LogP contribution in [-0.2, 0) is 27.6 Å². The van der Waals surface area contributed by atoms with Gasteiger partial charge in [-0.3, -0.25) is 4.79 Å². The molecular formula is C24H21FN2O3S. The van der Waals surface area contributed by atoms with Crippen LogP contribution < -0.4 is 5.32 Å². The van der Waals surface area contributed by atoms with Crippen LogP contribution in [0.25, 0.3) is 10.9 Å². The highest BCUT2D eigenvalue weighted by Gasteiger charge is 2.24. The fourth-order valence-electron chi connectivity index (χ4n) is 3.48. The van der Waals surface area contributed by atoms with Gasteiger partial charge in [-0.2, -0.15) is 0 Å². The number of fused-ring (bicyclic) bond motifs is 1. The molecule has 4 aromatic rings. The second-order valence-electron chi connectivity index (χ2n) is 7.19. The molecule has 1 N–H and O–H groups in total. The minimum Gasteiger partial charge on any atom is -0.337 e. The molecule has 0 aliphatic heterocycles. The number of aromatic nitrogens is 1. The van der Waals surface area contributed by atoms with Gasteiger partial charge in [-0.05, 0) is 54.4 Å². The van der Waals surface area contributed by atoms with Gasteiger partial charge in [0.1, 0.15) is 12.4 Å². The van der Waals surface area contributed by atoms with Gasteiger partial charge in [-0.1, -0.05) is 37.3 Å². The molecule has 0 saturated carbocycles. The molecule has 4 rings (SSSR count). The molecule has 1 amide bonds. The molecule has 3 aromatic carbocycles. The Labute approximate surface area is 180 Å². The molecular weight excluding hydrogens is 415 g/mol. The smallest absolute Gasteiger partial charge is 0.244 e. The van der Waals surface area contributed by atoms with Gasteiger partial charge in [-0.15, -0.1) is 0 Å². The number of carbonyl (C=O) groups excluding carboxylic acids is 1. The van der Waals surface area contributed by atoms with E-state index in [9.17, 15) is 17.6 Å². The number of anilines is 1. The number of hydrogen-bond donors (Lipinski definition) is 1. The van der Waals surface area contributed by atoms with Crippen molar-refractivity contribution in [2.24, 2.45) is 0 Å². The van der Waals surface area contributed by atoms with E-state index in [1.165, 1.54) is 23.9 Å². The van der Waals surface area contributed by atoms with E-state index in [1.807, 2.05) is 24.3 Å². The van der Waals surface area contributed by atoms with Crippen LogP contribution in [0.1, 0.15) is 12.5 Å². The molecule has 0 atom stereocenters. The van der Waals surface area contributed by atoms with Gasteiger partial charge in [0.05, 0.1) is 9.79 Å². The second kappa shape index (κ2) is 8.35. The second-order valence-corrected chi connectivity index (χ2v) is 9.11. The summed E-state index contributed by atoms with van der Waals surface area (Å²) in [5.74, 6) is -0.777. The maximum absolute atomic E-state index is 13.3. The third-order valence-corrected chi connectivity index (χ3v) is 6.92.